The Bertz CT molecular complexity index is 687. The van der Waals surface area contributed by atoms with Crippen LogP contribution < -0.4 is 15.0 Å². The van der Waals surface area contributed by atoms with Crippen molar-refractivity contribution in [3.8, 4) is 5.75 Å². The molecule has 0 radical (unpaired) electrons. The average molecular weight is 367 g/mol. The van der Waals surface area contributed by atoms with Crippen LogP contribution in [0, 0.1) is 0 Å². The summed E-state index contributed by atoms with van der Waals surface area (Å²) in [4.78, 5) is 21.0. The van der Waals surface area contributed by atoms with E-state index in [2.05, 4.69) is 20.1 Å². The normalized spacial score (nSPS) is 15.3. The van der Waals surface area contributed by atoms with E-state index in [9.17, 15) is 4.79 Å². The van der Waals surface area contributed by atoms with E-state index in [0.717, 1.165) is 31.3 Å². The van der Waals surface area contributed by atoms with E-state index in [1.54, 1.807) is 36.6 Å². The number of benzene rings is 1. The predicted molar refractivity (Wildman–Crippen MR) is 97.4 cm³/mol. The minimum Gasteiger partial charge on any atom is -0.495 e. The molecule has 1 amide bonds. The fourth-order valence-electron chi connectivity index (χ4n) is 2.64. The molecule has 2 aromatic rings. The highest BCUT2D eigenvalue weighted by molar-refractivity contribution is 7.13. The minimum absolute atomic E-state index is 0.0711. The van der Waals surface area contributed by atoms with Crippen molar-refractivity contribution < 1.29 is 9.53 Å². The van der Waals surface area contributed by atoms with Crippen LogP contribution >= 0.6 is 22.9 Å². The molecule has 0 bridgehead atoms. The standard InChI is InChI=1S/C16H19ClN4O2S/c1-23-14-3-2-12(17)10-13(14)19-15(22)11-20-5-7-21(8-6-20)16-18-4-9-24-16/h2-4,9-10H,5-8,11H2,1H3,(H,19,22). The number of rotatable bonds is 5. The summed E-state index contributed by atoms with van der Waals surface area (Å²) in [5, 5.41) is 6.46. The summed E-state index contributed by atoms with van der Waals surface area (Å²) >= 11 is 7.63. The molecule has 3 rings (SSSR count). The van der Waals surface area contributed by atoms with E-state index in [4.69, 9.17) is 16.3 Å². The fraction of sp³-hybridized carbons (Fsp3) is 0.375. The van der Waals surface area contributed by atoms with Gasteiger partial charge in [-0.3, -0.25) is 9.69 Å². The number of ether oxygens (including phenoxy) is 1. The number of aromatic nitrogens is 1. The Morgan fingerprint density at radius 2 is 2.17 bits per heavy atom. The van der Waals surface area contributed by atoms with Gasteiger partial charge in [-0.1, -0.05) is 11.6 Å². The van der Waals surface area contributed by atoms with Crippen molar-refractivity contribution in [1.29, 1.82) is 0 Å². The highest BCUT2D eigenvalue weighted by atomic mass is 35.5. The quantitative estimate of drug-likeness (QED) is 0.881. The number of nitrogens with one attached hydrogen (secondary N) is 1. The second-order valence-electron chi connectivity index (χ2n) is 5.47. The minimum atomic E-state index is -0.0711. The molecule has 1 aliphatic heterocycles. The lowest BCUT2D eigenvalue weighted by Gasteiger charge is -2.34. The molecule has 1 N–H and O–H groups in total. The first-order valence-corrected chi connectivity index (χ1v) is 8.91. The third-order valence-electron chi connectivity index (χ3n) is 3.86. The van der Waals surface area contributed by atoms with Crippen LogP contribution in [-0.4, -0.2) is 55.6 Å². The SMILES string of the molecule is COc1ccc(Cl)cc1NC(=O)CN1CCN(c2nccs2)CC1. The maximum Gasteiger partial charge on any atom is 0.238 e. The maximum absolute atomic E-state index is 12.3. The van der Waals surface area contributed by atoms with Crippen molar-refractivity contribution >= 4 is 39.7 Å². The maximum atomic E-state index is 12.3. The first-order chi connectivity index (χ1) is 11.7. The van der Waals surface area contributed by atoms with Gasteiger partial charge in [0.25, 0.3) is 0 Å². The van der Waals surface area contributed by atoms with Crippen molar-refractivity contribution in [2.75, 3.05) is 50.1 Å². The zero-order valence-corrected chi connectivity index (χ0v) is 14.9. The number of piperazine rings is 1. The molecule has 1 aromatic heterocycles. The van der Waals surface area contributed by atoms with E-state index >= 15 is 0 Å². The molecule has 0 saturated carbocycles. The Balaban J connectivity index is 1.52. The molecule has 0 spiro atoms. The largest absolute Gasteiger partial charge is 0.495 e. The van der Waals surface area contributed by atoms with Gasteiger partial charge >= 0.3 is 0 Å². The molecule has 1 fully saturated rings. The van der Waals surface area contributed by atoms with Gasteiger partial charge < -0.3 is 15.0 Å². The molecule has 1 aromatic carbocycles. The van der Waals surface area contributed by atoms with Gasteiger partial charge in [0, 0.05) is 42.8 Å². The Morgan fingerprint density at radius 1 is 1.38 bits per heavy atom. The number of hydrogen-bond donors (Lipinski definition) is 1. The van der Waals surface area contributed by atoms with Crippen LogP contribution in [0.1, 0.15) is 0 Å². The van der Waals surface area contributed by atoms with Crippen LogP contribution in [0.15, 0.2) is 29.8 Å². The summed E-state index contributed by atoms with van der Waals surface area (Å²) in [7, 11) is 1.57. The van der Waals surface area contributed by atoms with Gasteiger partial charge in [-0.2, -0.15) is 0 Å². The van der Waals surface area contributed by atoms with Crippen LogP contribution in [-0.2, 0) is 4.79 Å². The molecule has 0 aliphatic carbocycles. The van der Waals surface area contributed by atoms with E-state index < -0.39 is 0 Å². The van der Waals surface area contributed by atoms with Gasteiger partial charge in [0.15, 0.2) is 5.13 Å². The summed E-state index contributed by atoms with van der Waals surface area (Å²) in [5.74, 6) is 0.527. The first kappa shape index (κ1) is 17.0. The third-order valence-corrected chi connectivity index (χ3v) is 4.93. The smallest absolute Gasteiger partial charge is 0.238 e. The lowest BCUT2D eigenvalue weighted by molar-refractivity contribution is -0.117. The summed E-state index contributed by atoms with van der Waals surface area (Å²) in [6.07, 6.45) is 1.82. The summed E-state index contributed by atoms with van der Waals surface area (Å²) < 4.78 is 5.25. The number of carbonyl (C=O) groups excluding carboxylic acids is 1. The van der Waals surface area contributed by atoms with Crippen molar-refractivity contribution in [1.82, 2.24) is 9.88 Å². The highest BCUT2D eigenvalue weighted by Gasteiger charge is 2.20. The summed E-state index contributed by atoms with van der Waals surface area (Å²) in [6.45, 7) is 3.77. The lowest BCUT2D eigenvalue weighted by atomic mass is 10.2. The molecule has 1 saturated heterocycles. The lowest BCUT2D eigenvalue weighted by Crippen LogP contribution is -2.48. The zero-order valence-electron chi connectivity index (χ0n) is 13.4. The second-order valence-corrected chi connectivity index (χ2v) is 6.78. The number of carbonyl (C=O) groups is 1. The number of hydrogen-bond acceptors (Lipinski definition) is 6. The van der Waals surface area contributed by atoms with Crippen LogP contribution in [0.2, 0.25) is 5.02 Å². The van der Waals surface area contributed by atoms with Crippen molar-refractivity contribution in [3.63, 3.8) is 0 Å². The number of thiazole rings is 1. The molecule has 2 heterocycles. The van der Waals surface area contributed by atoms with Crippen LogP contribution in [0.4, 0.5) is 10.8 Å². The average Bonchev–Trinajstić information content (AvgIpc) is 3.10. The molecule has 24 heavy (non-hydrogen) atoms. The van der Waals surface area contributed by atoms with E-state index in [-0.39, 0.29) is 5.91 Å². The Labute approximate surface area is 150 Å². The molecular weight excluding hydrogens is 348 g/mol. The Morgan fingerprint density at radius 3 is 2.83 bits per heavy atom. The number of nitrogens with zero attached hydrogens (tertiary/aromatic N) is 3. The number of methoxy groups -OCH3 is 1. The number of halogens is 1. The molecule has 0 atom stereocenters. The second kappa shape index (κ2) is 7.83. The van der Waals surface area contributed by atoms with Crippen molar-refractivity contribution in [2.45, 2.75) is 0 Å². The third kappa shape index (κ3) is 4.17. The van der Waals surface area contributed by atoms with E-state index in [0.29, 0.717) is 23.0 Å². The van der Waals surface area contributed by atoms with E-state index in [1.165, 1.54) is 0 Å². The predicted octanol–water partition coefficient (Wildman–Crippen LogP) is 2.57. The van der Waals surface area contributed by atoms with Crippen LogP contribution in [0.25, 0.3) is 0 Å². The number of anilines is 2. The van der Waals surface area contributed by atoms with Crippen LogP contribution in [0.3, 0.4) is 0 Å². The first-order valence-electron chi connectivity index (χ1n) is 7.66. The van der Waals surface area contributed by atoms with Crippen molar-refractivity contribution in [3.05, 3.63) is 34.8 Å². The molecule has 1 aliphatic rings. The molecular formula is C16H19ClN4O2S. The summed E-state index contributed by atoms with van der Waals surface area (Å²) in [5.41, 5.74) is 0.594. The topological polar surface area (TPSA) is 57.7 Å². The molecule has 128 valence electrons. The number of amides is 1. The monoisotopic (exact) mass is 366 g/mol. The van der Waals surface area contributed by atoms with Gasteiger partial charge in [-0.25, -0.2) is 4.98 Å². The van der Waals surface area contributed by atoms with Crippen molar-refractivity contribution in [2.24, 2.45) is 0 Å². The fourth-order valence-corrected chi connectivity index (χ4v) is 3.51. The Kier molecular flexibility index (Phi) is 5.55. The Hall–Kier alpha value is -1.83. The van der Waals surface area contributed by atoms with Crippen LogP contribution in [0.5, 0.6) is 5.75 Å². The van der Waals surface area contributed by atoms with Gasteiger partial charge in [0.05, 0.1) is 19.3 Å². The van der Waals surface area contributed by atoms with Gasteiger partial charge in [0.2, 0.25) is 5.91 Å². The van der Waals surface area contributed by atoms with Gasteiger partial charge in [0.1, 0.15) is 5.75 Å². The molecule has 6 nitrogen and oxygen atoms in total. The van der Waals surface area contributed by atoms with E-state index in [1.807, 2.05) is 11.6 Å². The zero-order chi connectivity index (χ0) is 16.9. The summed E-state index contributed by atoms with van der Waals surface area (Å²) in [6, 6.07) is 5.16. The van der Waals surface area contributed by atoms with Gasteiger partial charge in [-0.15, -0.1) is 11.3 Å². The molecule has 0 unspecified atom stereocenters. The van der Waals surface area contributed by atoms with Gasteiger partial charge in [-0.05, 0) is 18.2 Å². The molecule has 8 heteroatoms. The highest BCUT2D eigenvalue weighted by Crippen LogP contribution is 2.27.